The standard InChI is InChI=1S/C24H26Cl3N3O/c1-16-22(24(31)29-13-5-3-2-4-6-14-29)28-30(21-12-11-19(26)15-20(21)27)23(16)17-7-9-18(25)10-8-17/h7-12,15-16,23H,2-6,13-14H2,1H3/t16-,23+/m0/s1. The summed E-state index contributed by atoms with van der Waals surface area (Å²) < 4.78 is 0. The van der Waals surface area contributed by atoms with Crippen molar-refractivity contribution in [1.82, 2.24) is 4.90 Å². The second-order valence-corrected chi connectivity index (χ2v) is 9.55. The summed E-state index contributed by atoms with van der Waals surface area (Å²) >= 11 is 18.8. The maximum absolute atomic E-state index is 13.5. The van der Waals surface area contributed by atoms with Gasteiger partial charge in [-0.3, -0.25) is 9.80 Å². The lowest BCUT2D eigenvalue weighted by Crippen LogP contribution is -2.40. The van der Waals surface area contributed by atoms with Crippen LogP contribution in [0, 0.1) is 5.92 Å². The van der Waals surface area contributed by atoms with Crippen LogP contribution < -0.4 is 5.01 Å². The summed E-state index contributed by atoms with van der Waals surface area (Å²) in [6.07, 6.45) is 5.68. The Morgan fingerprint density at radius 3 is 2.16 bits per heavy atom. The first-order valence-corrected chi connectivity index (χ1v) is 12.0. The van der Waals surface area contributed by atoms with Crippen molar-refractivity contribution in [1.29, 1.82) is 0 Å². The first kappa shape index (κ1) is 22.4. The number of hydrazone groups is 1. The van der Waals surface area contributed by atoms with Crippen LogP contribution in [0.5, 0.6) is 0 Å². The molecule has 0 N–H and O–H groups in total. The van der Waals surface area contributed by atoms with Gasteiger partial charge in [0.2, 0.25) is 0 Å². The molecule has 2 aliphatic rings. The molecule has 2 atom stereocenters. The quantitative estimate of drug-likeness (QED) is 0.476. The van der Waals surface area contributed by atoms with E-state index < -0.39 is 0 Å². The molecule has 7 heteroatoms. The first-order chi connectivity index (χ1) is 15.0. The lowest BCUT2D eigenvalue weighted by atomic mass is 9.90. The highest BCUT2D eigenvalue weighted by molar-refractivity contribution is 6.41. The van der Waals surface area contributed by atoms with Gasteiger partial charge in [0.15, 0.2) is 0 Å². The van der Waals surface area contributed by atoms with E-state index in [0.717, 1.165) is 37.2 Å². The highest BCUT2D eigenvalue weighted by Gasteiger charge is 2.41. The molecule has 2 aromatic rings. The van der Waals surface area contributed by atoms with E-state index in [1.165, 1.54) is 19.3 Å². The molecule has 31 heavy (non-hydrogen) atoms. The summed E-state index contributed by atoms with van der Waals surface area (Å²) in [5.74, 6) is -0.0770. The third-order valence-corrected chi connectivity index (χ3v) is 6.90. The molecule has 1 fully saturated rings. The molecule has 0 saturated carbocycles. The van der Waals surface area contributed by atoms with Crippen LogP contribution in [0.15, 0.2) is 47.6 Å². The van der Waals surface area contributed by atoms with E-state index in [0.29, 0.717) is 20.8 Å². The minimum atomic E-state index is -0.162. The summed E-state index contributed by atoms with van der Waals surface area (Å²) in [6.45, 7) is 3.64. The van der Waals surface area contributed by atoms with E-state index >= 15 is 0 Å². The van der Waals surface area contributed by atoms with E-state index in [9.17, 15) is 4.79 Å². The van der Waals surface area contributed by atoms with Crippen LogP contribution in [0.3, 0.4) is 0 Å². The first-order valence-electron chi connectivity index (χ1n) is 10.8. The van der Waals surface area contributed by atoms with Crippen LogP contribution in [-0.4, -0.2) is 29.6 Å². The number of amides is 1. The average molecular weight is 479 g/mol. The molecule has 0 radical (unpaired) electrons. The Balaban J connectivity index is 1.71. The molecule has 0 spiro atoms. The van der Waals surface area contributed by atoms with Crippen LogP contribution in [0.2, 0.25) is 15.1 Å². The van der Waals surface area contributed by atoms with E-state index in [4.69, 9.17) is 39.9 Å². The molecular weight excluding hydrogens is 453 g/mol. The molecule has 2 heterocycles. The Labute approximate surface area is 198 Å². The third kappa shape index (κ3) is 4.87. The number of halogens is 3. The molecule has 4 rings (SSSR count). The summed E-state index contributed by atoms with van der Waals surface area (Å²) in [5, 5.41) is 8.43. The second kappa shape index (κ2) is 9.81. The van der Waals surface area contributed by atoms with Crippen molar-refractivity contribution in [3.8, 4) is 0 Å². The Kier molecular flexibility index (Phi) is 7.10. The zero-order valence-electron chi connectivity index (χ0n) is 17.5. The molecule has 164 valence electrons. The Morgan fingerprint density at radius 1 is 0.903 bits per heavy atom. The van der Waals surface area contributed by atoms with Crippen LogP contribution >= 0.6 is 34.8 Å². The molecule has 1 amide bonds. The Morgan fingerprint density at radius 2 is 1.52 bits per heavy atom. The minimum absolute atomic E-state index is 0.0287. The van der Waals surface area contributed by atoms with Gasteiger partial charge in [-0.15, -0.1) is 0 Å². The number of rotatable bonds is 3. The van der Waals surface area contributed by atoms with Crippen molar-refractivity contribution in [2.45, 2.75) is 45.1 Å². The van der Waals surface area contributed by atoms with Crippen molar-refractivity contribution in [3.05, 3.63) is 63.1 Å². The molecule has 2 aliphatic heterocycles. The fourth-order valence-corrected chi connectivity index (χ4v) is 5.06. The topological polar surface area (TPSA) is 35.9 Å². The molecule has 0 unspecified atom stereocenters. The summed E-state index contributed by atoms with van der Waals surface area (Å²) in [6, 6.07) is 12.9. The van der Waals surface area contributed by atoms with Crippen molar-refractivity contribution in [3.63, 3.8) is 0 Å². The molecule has 4 nitrogen and oxygen atoms in total. The van der Waals surface area contributed by atoms with Crippen molar-refractivity contribution < 1.29 is 4.79 Å². The number of likely N-dealkylation sites (tertiary alicyclic amines) is 1. The number of hydrogen-bond acceptors (Lipinski definition) is 3. The van der Waals surface area contributed by atoms with Crippen molar-refractivity contribution >= 4 is 52.1 Å². The van der Waals surface area contributed by atoms with E-state index in [-0.39, 0.29) is 17.9 Å². The fraction of sp³-hybridized carbons (Fsp3) is 0.417. The number of anilines is 1. The molecule has 2 aromatic carbocycles. The predicted molar refractivity (Wildman–Crippen MR) is 129 cm³/mol. The van der Waals surface area contributed by atoms with Gasteiger partial charge in [0, 0.05) is 29.1 Å². The van der Waals surface area contributed by atoms with E-state index in [1.807, 2.05) is 40.2 Å². The zero-order chi connectivity index (χ0) is 22.0. The van der Waals surface area contributed by atoms with Crippen LogP contribution in [-0.2, 0) is 4.79 Å². The van der Waals surface area contributed by atoms with Crippen LogP contribution in [0.4, 0.5) is 5.69 Å². The molecule has 0 bridgehead atoms. The molecular formula is C24H26Cl3N3O. The van der Waals surface area contributed by atoms with Gasteiger partial charge in [0.1, 0.15) is 5.71 Å². The zero-order valence-corrected chi connectivity index (χ0v) is 19.8. The SMILES string of the molecule is C[C@H]1C(C(=O)N2CCCCCCC2)=NN(c2ccc(Cl)cc2Cl)[C@H]1c1ccc(Cl)cc1. The third-order valence-electron chi connectivity index (χ3n) is 6.11. The van der Waals surface area contributed by atoms with E-state index in [2.05, 4.69) is 6.92 Å². The van der Waals surface area contributed by atoms with Gasteiger partial charge in [0.05, 0.1) is 16.8 Å². The van der Waals surface area contributed by atoms with Gasteiger partial charge >= 0.3 is 0 Å². The number of nitrogens with zero attached hydrogens (tertiary/aromatic N) is 3. The summed E-state index contributed by atoms with van der Waals surface area (Å²) in [7, 11) is 0. The van der Waals surface area contributed by atoms with Gasteiger partial charge < -0.3 is 4.90 Å². The van der Waals surface area contributed by atoms with Gasteiger partial charge in [-0.2, -0.15) is 5.10 Å². The van der Waals surface area contributed by atoms with Gasteiger partial charge in [-0.25, -0.2) is 0 Å². The average Bonchev–Trinajstić information content (AvgIpc) is 3.05. The van der Waals surface area contributed by atoms with Crippen LogP contribution in [0.25, 0.3) is 0 Å². The number of carbonyl (C=O) groups excluding carboxylic acids is 1. The second-order valence-electron chi connectivity index (χ2n) is 8.27. The predicted octanol–water partition coefficient (Wildman–Crippen LogP) is 6.99. The summed E-state index contributed by atoms with van der Waals surface area (Å²) in [4.78, 5) is 15.5. The smallest absolute Gasteiger partial charge is 0.270 e. The van der Waals surface area contributed by atoms with Gasteiger partial charge in [-0.05, 0) is 48.7 Å². The van der Waals surface area contributed by atoms with Gasteiger partial charge in [0.25, 0.3) is 5.91 Å². The number of benzene rings is 2. The normalized spacial score (nSPS) is 22.1. The lowest BCUT2D eigenvalue weighted by molar-refractivity contribution is -0.124. The van der Waals surface area contributed by atoms with Crippen molar-refractivity contribution in [2.24, 2.45) is 11.0 Å². The maximum atomic E-state index is 13.5. The lowest BCUT2D eigenvalue weighted by Gasteiger charge is -2.28. The fourth-order valence-electron chi connectivity index (χ4n) is 4.44. The highest BCUT2D eigenvalue weighted by atomic mass is 35.5. The maximum Gasteiger partial charge on any atom is 0.270 e. The Hall–Kier alpha value is -1.75. The Bertz CT molecular complexity index is 969. The number of carbonyl (C=O) groups is 1. The van der Waals surface area contributed by atoms with Crippen LogP contribution in [0.1, 0.15) is 50.6 Å². The molecule has 1 saturated heterocycles. The summed E-state index contributed by atoms with van der Waals surface area (Å²) in [5.41, 5.74) is 2.34. The molecule has 0 aromatic heterocycles. The van der Waals surface area contributed by atoms with E-state index in [1.54, 1.807) is 12.1 Å². The molecule has 0 aliphatic carbocycles. The monoisotopic (exact) mass is 477 g/mol. The van der Waals surface area contributed by atoms with Crippen molar-refractivity contribution in [2.75, 3.05) is 18.1 Å². The highest BCUT2D eigenvalue weighted by Crippen LogP contribution is 2.42. The largest absolute Gasteiger partial charge is 0.338 e. The van der Waals surface area contributed by atoms with Gasteiger partial charge in [-0.1, -0.05) is 73.1 Å². The minimum Gasteiger partial charge on any atom is -0.338 e. The number of hydrogen-bond donors (Lipinski definition) is 0.